The van der Waals surface area contributed by atoms with E-state index in [4.69, 9.17) is 17.0 Å². The van der Waals surface area contributed by atoms with E-state index in [1.54, 1.807) is 49.1 Å². The van der Waals surface area contributed by atoms with E-state index in [2.05, 4.69) is 52.0 Å². The Morgan fingerprint density at radius 1 is 0.747 bits per heavy atom. The summed E-state index contributed by atoms with van der Waals surface area (Å²) in [5, 5.41) is 17.4. The highest BCUT2D eigenvalue weighted by Crippen LogP contribution is 2.37. The smallest absolute Gasteiger partial charge is 0.255 e. The van der Waals surface area contributed by atoms with Crippen molar-refractivity contribution in [1.29, 1.82) is 0 Å². The minimum atomic E-state index is -0.882. The molecule has 3 fully saturated rings. The minimum Gasteiger partial charge on any atom is -0.488 e. The number of β-amino-alcohol motifs (C(OH)–C–C–N with tert-alkyl or cyclic N) is 1. The van der Waals surface area contributed by atoms with Gasteiger partial charge in [-0.1, -0.05) is 126 Å². The largest absolute Gasteiger partial charge is 0.488 e. The van der Waals surface area contributed by atoms with Crippen LogP contribution in [0.25, 0.3) is 10.4 Å². The fourth-order valence-electron chi connectivity index (χ4n) is 12.0. The third kappa shape index (κ3) is 10.7. The first-order valence-electron chi connectivity index (χ1n) is 26.6. The molecule has 0 spiro atoms. The number of nitrogens with zero attached hydrogens (tertiary/aromatic N) is 5. The SMILES string of the molecule is Cc1ncsc1-c1ccc(CNC(=S)[C@@H]2C[C@@H](O)CN2C(=O)[C@H](C(C)C)N2Cc3ccc(O[C@@H]4C[C@@H](C(=O)NCc5ccc(C6CCCC6)cc5)N(C(=O)[C@H](C(C)C)N5Cc6ccccc6C5=O)C4)cc3C2=O)cc1. The average molecular weight is 1050 g/mol. The fraction of sp³-hybridized carbons (Fsp3) is 0.441. The van der Waals surface area contributed by atoms with Gasteiger partial charge < -0.3 is 40.1 Å². The molecule has 10 rings (SSSR count). The van der Waals surface area contributed by atoms with Gasteiger partial charge >= 0.3 is 0 Å². The number of amides is 5. The van der Waals surface area contributed by atoms with Crippen LogP contribution in [-0.4, -0.2) is 114 Å². The normalized spacial score (nSPS) is 21.3. The zero-order chi connectivity index (χ0) is 52.7. The summed E-state index contributed by atoms with van der Waals surface area (Å²) in [6.07, 6.45) is 3.98. The van der Waals surface area contributed by atoms with Crippen LogP contribution in [0.5, 0.6) is 5.75 Å². The lowest BCUT2D eigenvalue weighted by Crippen LogP contribution is -2.55. The van der Waals surface area contributed by atoms with Crippen LogP contribution in [0.3, 0.4) is 0 Å². The highest BCUT2D eigenvalue weighted by Gasteiger charge is 2.48. The molecule has 6 atom stereocenters. The molecule has 4 aliphatic heterocycles. The first-order valence-corrected chi connectivity index (χ1v) is 27.8. The Kier molecular flexibility index (Phi) is 15.2. The highest BCUT2D eigenvalue weighted by atomic mass is 32.1. The summed E-state index contributed by atoms with van der Waals surface area (Å²) in [7, 11) is 0. The number of carbonyl (C=O) groups excluding carboxylic acids is 5. The lowest BCUT2D eigenvalue weighted by molar-refractivity contribution is -0.143. The number of ether oxygens (including phenoxy) is 1. The number of carbonyl (C=O) groups is 5. The molecule has 5 amide bonds. The number of likely N-dealkylation sites (tertiary alicyclic amines) is 2. The van der Waals surface area contributed by atoms with Crippen LogP contribution in [-0.2, 0) is 40.6 Å². The van der Waals surface area contributed by atoms with Gasteiger partial charge in [0.15, 0.2) is 0 Å². The lowest BCUT2D eigenvalue weighted by Gasteiger charge is -2.35. The summed E-state index contributed by atoms with van der Waals surface area (Å²) in [5.74, 6) is -0.984. The van der Waals surface area contributed by atoms with Crippen LogP contribution < -0.4 is 15.4 Å². The second kappa shape index (κ2) is 22.0. The maximum Gasteiger partial charge on any atom is 0.255 e. The van der Waals surface area contributed by atoms with Gasteiger partial charge in [-0.15, -0.1) is 11.3 Å². The van der Waals surface area contributed by atoms with E-state index in [-0.39, 0.29) is 80.4 Å². The number of aryl methyl sites for hydroxylation is 1. The van der Waals surface area contributed by atoms with E-state index in [0.717, 1.165) is 38.4 Å². The average Bonchev–Trinajstić information content (AvgIpc) is 4.30. The maximum absolute atomic E-state index is 14.9. The summed E-state index contributed by atoms with van der Waals surface area (Å²) in [6.45, 7) is 11.1. The van der Waals surface area contributed by atoms with E-state index in [1.807, 2.05) is 76.5 Å². The van der Waals surface area contributed by atoms with Crippen molar-refractivity contribution >= 4 is 58.1 Å². The molecule has 75 heavy (non-hydrogen) atoms. The zero-order valence-corrected chi connectivity index (χ0v) is 45.0. The number of rotatable bonds is 16. The highest BCUT2D eigenvalue weighted by molar-refractivity contribution is 7.80. The molecule has 5 heterocycles. The molecule has 5 aromatic rings. The third-order valence-corrected chi connectivity index (χ3v) is 17.3. The van der Waals surface area contributed by atoms with Crippen LogP contribution >= 0.6 is 23.6 Å². The molecule has 4 aromatic carbocycles. The molecule has 1 aliphatic carbocycles. The summed E-state index contributed by atoms with van der Waals surface area (Å²) in [6, 6.07) is 26.3. The Balaban J connectivity index is 0.824. The van der Waals surface area contributed by atoms with Crippen LogP contribution in [0, 0.1) is 18.8 Å². The van der Waals surface area contributed by atoms with Crippen molar-refractivity contribution in [2.24, 2.45) is 11.8 Å². The van der Waals surface area contributed by atoms with Gasteiger partial charge in [0.05, 0.1) is 39.8 Å². The topological polar surface area (TPSA) is 165 Å². The van der Waals surface area contributed by atoms with E-state index in [1.165, 1.54) is 31.2 Å². The molecule has 3 N–H and O–H groups in total. The van der Waals surface area contributed by atoms with Crippen LogP contribution in [0.1, 0.15) is 126 Å². The predicted molar refractivity (Wildman–Crippen MR) is 292 cm³/mol. The molecular formula is C59H67N7O7S2. The number of aromatic nitrogens is 1. The molecule has 2 saturated heterocycles. The molecule has 0 bridgehead atoms. The predicted octanol–water partition coefficient (Wildman–Crippen LogP) is 8.18. The van der Waals surface area contributed by atoms with Gasteiger partial charge in [0.2, 0.25) is 17.7 Å². The van der Waals surface area contributed by atoms with Gasteiger partial charge in [-0.2, -0.15) is 0 Å². The molecule has 14 nitrogen and oxygen atoms in total. The lowest BCUT2D eigenvalue weighted by atomic mass is 9.97. The van der Waals surface area contributed by atoms with Crippen LogP contribution in [0.2, 0.25) is 0 Å². The van der Waals surface area contributed by atoms with Gasteiger partial charge in [-0.05, 0) is 89.1 Å². The molecule has 1 saturated carbocycles. The van der Waals surface area contributed by atoms with E-state index < -0.39 is 36.4 Å². The monoisotopic (exact) mass is 1050 g/mol. The van der Waals surface area contributed by atoms with Crippen molar-refractivity contribution in [2.45, 2.75) is 142 Å². The first-order chi connectivity index (χ1) is 36.1. The number of nitrogens with one attached hydrogen (secondary N) is 2. The maximum atomic E-state index is 14.9. The molecular weight excluding hydrogens is 983 g/mol. The Morgan fingerprint density at radius 2 is 1.35 bits per heavy atom. The summed E-state index contributed by atoms with van der Waals surface area (Å²) < 4.78 is 6.63. The third-order valence-electron chi connectivity index (χ3n) is 15.9. The van der Waals surface area contributed by atoms with Crippen LogP contribution in [0.4, 0.5) is 0 Å². The van der Waals surface area contributed by atoms with Crippen molar-refractivity contribution in [3.63, 3.8) is 0 Å². The Bertz CT molecular complexity index is 2970. The number of aliphatic hydroxyl groups is 1. The number of aliphatic hydroxyl groups excluding tert-OH is 1. The minimum absolute atomic E-state index is 0.0887. The Morgan fingerprint density at radius 3 is 1.97 bits per heavy atom. The van der Waals surface area contributed by atoms with E-state index in [0.29, 0.717) is 40.9 Å². The van der Waals surface area contributed by atoms with Gasteiger partial charge in [0.1, 0.15) is 30.0 Å². The Labute approximate surface area is 448 Å². The fourth-order valence-corrected chi connectivity index (χ4v) is 13.1. The standard InChI is InChI=1S/C59H67N7O7S2/c1-34(2)51(58(71)63-31-44(67)24-50(63)55(74)61-28-38-16-20-41(21-17-38)53-36(5)62-33-75-53)66-30-43-22-23-45(25-48(43)57(66)70)73-46-26-49(54(68)60-27-37-14-18-40(19-15-37)39-10-6-7-11-39)64(32-46)59(72)52(35(3)4)65-29-42-12-8-9-13-47(42)56(65)69/h8-9,12-23,25,33-35,39,44,46,49-52,67H,6-7,10-11,24,26-32H2,1-5H3,(H,60,68)(H,61,74)/t44-,46-,49+,50+,51+,52+/m1/s1. The quantitative estimate of drug-likeness (QED) is 0.0822. The second-order valence-corrected chi connectivity index (χ2v) is 23.0. The summed E-state index contributed by atoms with van der Waals surface area (Å²) >= 11 is 7.50. The van der Waals surface area contributed by atoms with Gasteiger partial charge in [0.25, 0.3) is 11.8 Å². The number of thiazole rings is 1. The summed E-state index contributed by atoms with van der Waals surface area (Å²) in [5.41, 5.74) is 9.80. The van der Waals surface area contributed by atoms with Crippen LogP contribution in [0.15, 0.2) is 96.5 Å². The molecule has 392 valence electrons. The number of hydrogen-bond donors (Lipinski definition) is 3. The number of thiocarbonyl (C=S) groups is 1. The second-order valence-electron chi connectivity index (χ2n) is 21.7. The number of hydrogen-bond acceptors (Lipinski definition) is 10. The summed E-state index contributed by atoms with van der Waals surface area (Å²) in [4.78, 5) is 84.7. The Hall–Kier alpha value is -6.49. The van der Waals surface area contributed by atoms with Crippen molar-refractivity contribution < 1.29 is 33.8 Å². The van der Waals surface area contributed by atoms with Gasteiger partial charge in [-0.3, -0.25) is 24.0 Å². The van der Waals surface area contributed by atoms with Gasteiger partial charge in [-0.25, -0.2) is 4.98 Å². The van der Waals surface area contributed by atoms with Gasteiger partial charge in [0, 0.05) is 56.7 Å². The molecule has 0 unspecified atom stereocenters. The zero-order valence-electron chi connectivity index (χ0n) is 43.4. The molecule has 16 heteroatoms. The number of fused-ring (bicyclic) bond motifs is 2. The number of benzene rings is 4. The molecule has 0 radical (unpaired) electrons. The first kappa shape index (κ1) is 52.0. The van der Waals surface area contributed by atoms with Crippen molar-refractivity contribution in [3.05, 3.63) is 141 Å². The van der Waals surface area contributed by atoms with Crippen molar-refractivity contribution in [3.8, 4) is 16.2 Å². The van der Waals surface area contributed by atoms with Crippen molar-refractivity contribution in [2.75, 3.05) is 13.1 Å². The molecule has 1 aromatic heterocycles. The van der Waals surface area contributed by atoms with Crippen molar-refractivity contribution in [1.82, 2.24) is 35.2 Å². The van der Waals surface area contributed by atoms with E-state index in [9.17, 15) is 29.1 Å². The molecule has 5 aliphatic rings. The van der Waals surface area contributed by atoms with E-state index >= 15 is 0 Å².